The van der Waals surface area contributed by atoms with Crippen LogP contribution in [0.3, 0.4) is 0 Å². The highest BCUT2D eigenvalue weighted by atomic mass is 32.2. The molecule has 0 aliphatic heterocycles. The zero-order valence-electron chi connectivity index (χ0n) is 12.8. The Morgan fingerprint density at radius 2 is 1.92 bits per heavy atom. The van der Waals surface area contributed by atoms with Crippen LogP contribution in [0.15, 0.2) is 71.8 Å². The molecule has 0 unspecified atom stereocenters. The number of rotatable bonds is 4. The van der Waals surface area contributed by atoms with Crippen molar-refractivity contribution in [1.82, 2.24) is 13.9 Å². The second-order valence-electron chi connectivity index (χ2n) is 5.02. The molecule has 120 valence electrons. The maximum Gasteiger partial charge on any atom is 0.286 e. The topological polar surface area (TPSA) is 81.9 Å². The van der Waals surface area contributed by atoms with Gasteiger partial charge in [0.2, 0.25) is 0 Å². The van der Waals surface area contributed by atoms with E-state index in [1.54, 1.807) is 31.2 Å². The van der Waals surface area contributed by atoms with E-state index in [1.165, 1.54) is 24.7 Å². The van der Waals surface area contributed by atoms with Gasteiger partial charge in [0.15, 0.2) is 16.5 Å². The van der Waals surface area contributed by atoms with Gasteiger partial charge in [-0.1, -0.05) is 12.6 Å². The van der Waals surface area contributed by atoms with E-state index in [0.717, 1.165) is 3.97 Å². The van der Waals surface area contributed by atoms with Crippen molar-refractivity contribution in [2.45, 2.75) is 11.9 Å². The molecule has 0 amide bonds. The molecule has 3 heterocycles. The first kappa shape index (κ1) is 15.9. The summed E-state index contributed by atoms with van der Waals surface area (Å²) >= 11 is 0. The number of nitrogens with zero attached hydrogens (tertiary/aromatic N) is 3. The van der Waals surface area contributed by atoms with Crippen LogP contribution in [0, 0.1) is 0 Å². The largest absolute Gasteiger partial charge is 0.288 e. The van der Waals surface area contributed by atoms with Crippen molar-refractivity contribution in [2.24, 2.45) is 0 Å². The maximum absolute atomic E-state index is 12.8. The second-order valence-corrected chi connectivity index (χ2v) is 6.78. The van der Waals surface area contributed by atoms with E-state index >= 15 is 0 Å². The summed E-state index contributed by atoms with van der Waals surface area (Å²) in [5, 5.41) is 0.319. The lowest BCUT2D eigenvalue weighted by atomic mass is 10.1. The Balaban J connectivity index is 2.32. The number of ketones is 1. The van der Waals surface area contributed by atoms with Gasteiger partial charge < -0.3 is 0 Å². The molecule has 0 aliphatic carbocycles. The van der Waals surface area contributed by atoms with Crippen LogP contribution in [-0.2, 0) is 10.0 Å². The molecule has 0 atom stereocenters. The summed E-state index contributed by atoms with van der Waals surface area (Å²) in [6.45, 7) is 5.03. The average molecular weight is 339 g/mol. The summed E-state index contributed by atoms with van der Waals surface area (Å²) < 4.78 is 26.7. The lowest BCUT2D eigenvalue weighted by Gasteiger charge is -2.05. The number of carbonyl (C=O) groups excluding carboxylic acids is 1. The Bertz CT molecular complexity index is 1090. The van der Waals surface area contributed by atoms with Gasteiger partial charge in [0, 0.05) is 29.5 Å². The predicted molar refractivity (Wildman–Crippen MR) is 89.2 cm³/mol. The molecule has 0 saturated heterocycles. The number of Topliss-reactive ketones (excluding diaryl/α,β-unsaturated/α-hetero) is 1. The zero-order chi connectivity index (χ0) is 17.3. The third-order valence-corrected chi connectivity index (χ3v) is 5.11. The summed E-state index contributed by atoms with van der Waals surface area (Å²) in [4.78, 5) is 20.5. The fourth-order valence-corrected chi connectivity index (χ4v) is 3.54. The van der Waals surface area contributed by atoms with Crippen LogP contribution >= 0.6 is 0 Å². The van der Waals surface area contributed by atoms with E-state index in [4.69, 9.17) is 0 Å². The van der Waals surface area contributed by atoms with Gasteiger partial charge in [0.1, 0.15) is 0 Å². The highest BCUT2D eigenvalue weighted by Crippen LogP contribution is 2.25. The fourth-order valence-electron chi connectivity index (χ4n) is 2.28. The summed E-state index contributed by atoms with van der Waals surface area (Å²) in [5.41, 5.74) is 3.23. The first-order chi connectivity index (χ1) is 11.5. The van der Waals surface area contributed by atoms with Crippen LogP contribution in [0.5, 0.6) is 0 Å². The number of fused-ring (bicyclic) bond motifs is 1. The van der Waals surface area contributed by atoms with Gasteiger partial charge in [0.25, 0.3) is 10.0 Å². The first-order valence-corrected chi connectivity index (χ1v) is 8.45. The van der Waals surface area contributed by atoms with Gasteiger partial charge in [0.05, 0.1) is 5.56 Å². The molecule has 7 heteroatoms. The fraction of sp³-hybridized carbons (Fsp3) is 0.0588. The van der Waals surface area contributed by atoms with E-state index in [9.17, 15) is 13.2 Å². The van der Waals surface area contributed by atoms with Crippen LogP contribution < -0.4 is 0 Å². The van der Waals surface area contributed by atoms with Crippen molar-refractivity contribution in [3.63, 3.8) is 0 Å². The molecule has 0 spiro atoms. The third kappa shape index (κ3) is 2.46. The third-order valence-electron chi connectivity index (χ3n) is 3.54. The Kier molecular flexibility index (Phi) is 3.89. The van der Waals surface area contributed by atoms with Crippen LogP contribution in [0.1, 0.15) is 17.3 Å². The second kappa shape index (κ2) is 5.88. The average Bonchev–Trinajstić information content (AvgIpc) is 3.01. The summed E-state index contributed by atoms with van der Waals surface area (Å²) in [6, 6.07) is 7.88. The van der Waals surface area contributed by atoms with E-state index in [1.807, 2.05) is 0 Å². The first-order valence-electron chi connectivity index (χ1n) is 7.01. The lowest BCUT2D eigenvalue weighted by molar-refractivity contribution is 0.103. The molecule has 0 bridgehead atoms. The molecule has 3 rings (SSSR count). The normalized spacial score (nSPS) is 11.2. The van der Waals surface area contributed by atoms with Crippen molar-refractivity contribution < 1.29 is 13.2 Å². The van der Waals surface area contributed by atoms with E-state index in [0.29, 0.717) is 11.0 Å². The molecule has 0 fully saturated rings. The van der Waals surface area contributed by atoms with Crippen molar-refractivity contribution in [3.8, 4) is 0 Å². The summed E-state index contributed by atoms with van der Waals surface area (Å²) in [6.07, 6.45) is 4.13. The SMILES string of the molecule is C=C=C(C)C(=O)c1cn(S(=O)(=O)c2ccccn2)c2ncccc12. The van der Waals surface area contributed by atoms with Gasteiger partial charge in [-0.2, -0.15) is 8.42 Å². The minimum Gasteiger partial charge on any atom is -0.288 e. The predicted octanol–water partition coefficient (Wildman–Crippen LogP) is 2.58. The van der Waals surface area contributed by atoms with Gasteiger partial charge in [-0.25, -0.2) is 13.9 Å². The molecule has 3 aromatic heterocycles. The van der Waals surface area contributed by atoms with Gasteiger partial charge in [-0.3, -0.25) is 4.79 Å². The van der Waals surface area contributed by atoms with Crippen LogP contribution in [0.2, 0.25) is 0 Å². The number of hydrogen-bond donors (Lipinski definition) is 0. The van der Waals surface area contributed by atoms with Crippen molar-refractivity contribution in [3.05, 3.63) is 72.4 Å². The van der Waals surface area contributed by atoms with E-state index in [2.05, 4.69) is 22.3 Å². The molecule has 0 aliphatic rings. The molecule has 0 N–H and O–H groups in total. The number of allylic oxidation sites excluding steroid dienone is 1. The van der Waals surface area contributed by atoms with Gasteiger partial charge >= 0.3 is 0 Å². The number of carbonyl (C=O) groups is 1. The molecular formula is C17H13N3O3S. The number of aromatic nitrogens is 3. The Morgan fingerprint density at radius 1 is 1.17 bits per heavy atom. The van der Waals surface area contributed by atoms with Crippen LogP contribution in [-0.4, -0.2) is 28.1 Å². The van der Waals surface area contributed by atoms with Crippen LogP contribution in [0.25, 0.3) is 11.0 Å². The molecule has 24 heavy (non-hydrogen) atoms. The molecular weight excluding hydrogens is 326 g/mol. The molecule has 0 saturated carbocycles. The minimum atomic E-state index is -3.97. The monoisotopic (exact) mass is 339 g/mol. The summed E-state index contributed by atoms with van der Waals surface area (Å²) in [7, 11) is -3.97. The number of pyridine rings is 2. The standard InChI is InChI=1S/C17H13N3O3S/c1-3-12(2)16(21)14-11-20(17-13(14)7-6-10-19-17)24(22,23)15-8-4-5-9-18-15/h4-11H,1H2,2H3. The van der Waals surface area contributed by atoms with Gasteiger partial charge in [-0.05, 0) is 31.2 Å². The summed E-state index contributed by atoms with van der Waals surface area (Å²) in [5.74, 6) is -0.349. The van der Waals surface area contributed by atoms with Crippen molar-refractivity contribution in [1.29, 1.82) is 0 Å². The van der Waals surface area contributed by atoms with Crippen molar-refractivity contribution >= 4 is 26.8 Å². The van der Waals surface area contributed by atoms with Gasteiger partial charge in [-0.15, -0.1) is 5.73 Å². The van der Waals surface area contributed by atoms with E-state index in [-0.39, 0.29) is 22.0 Å². The Hall–Kier alpha value is -3.02. The molecule has 6 nitrogen and oxygen atoms in total. The molecule has 3 aromatic rings. The smallest absolute Gasteiger partial charge is 0.286 e. The highest BCUT2D eigenvalue weighted by molar-refractivity contribution is 7.90. The molecule has 0 radical (unpaired) electrons. The highest BCUT2D eigenvalue weighted by Gasteiger charge is 2.25. The Labute approximate surface area is 138 Å². The minimum absolute atomic E-state index is 0.123. The van der Waals surface area contributed by atoms with Crippen molar-refractivity contribution in [2.75, 3.05) is 0 Å². The quantitative estimate of drug-likeness (QED) is 0.414. The zero-order valence-corrected chi connectivity index (χ0v) is 13.6. The lowest BCUT2D eigenvalue weighted by Crippen LogP contribution is -2.14. The molecule has 0 aromatic carbocycles. The Morgan fingerprint density at radius 3 is 2.58 bits per heavy atom. The van der Waals surface area contributed by atoms with Crippen LogP contribution in [0.4, 0.5) is 0 Å². The number of hydrogen-bond acceptors (Lipinski definition) is 5. The maximum atomic E-state index is 12.8. The van der Waals surface area contributed by atoms with E-state index < -0.39 is 10.0 Å².